The maximum atomic E-state index is 13.0. The Kier molecular flexibility index (Phi) is 10.5. The highest BCUT2D eigenvalue weighted by atomic mass is 35.5. The minimum absolute atomic E-state index is 0.00616. The molecule has 0 aliphatic carbocycles. The van der Waals surface area contributed by atoms with Gasteiger partial charge < -0.3 is 25.0 Å². The van der Waals surface area contributed by atoms with Gasteiger partial charge in [0.2, 0.25) is 5.91 Å². The number of nitrogens with zero attached hydrogens (tertiary/aromatic N) is 2. The smallest absolute Gasteiger partial charge is 0.425 e. The minimum Gasteiger partial charge on any atom is -0.480 e. The van der Waals surface area contributed by atoms with E-state index in [0.29, 0.717) is 18.1 Å². The number of rotatable bonds is 12. The number of aliphatic hydroxyl groups excluding tert-OH is 1. The van der Waals surface area contributed by atoms with Gasteiger partial charge in [-0.1, -0.05) is 35.9 Å². The number of halogens is 4. The van der Waals surface area contributed by atoms with Crippen LogP contribution in [0.2, 0.25) is 5.02 Å². The molecule has 13 heteroatoms. The van der Waals surface area contributed by atoms with Crippen molar-refractivity contribution < 1.29 is 37.4 Å². The molecule has 3 rings (SSSR count). The zero-order valence-electron chi connectivity index (χ0n) is 22.6. The lowest BCUT2D eigenvalue weighted by Gasteiger charge is -2.21. The van der Waals surface area contributed by atoms with Crippen LogP contribution in [0, 0.1) is 0 Å². The summed E-state index contributed by atoms with van der Waals surface area (Å²) in [5, 5.41) is 14.2. The SMILES string of the molecule is CCn1cc(-c2ccc(C[C@@H](CNC(=O)CO)NC(=O)c3ccc(O[C@H](C)C(F)(F)F)c(Cl)c3)cc2)nc1C(C)=O. The number of carbonyl (C=O) groups excluding carboxylic acids is 3. The molecular weight excluding hydrogens is 565 g/mol. The van der Waals surface area contributed by atoms with Crippen molar-refractivity contribution in [2.75, 3.05) is 13.2 Å². The number of ether oxygens (including phenoxy) is 1. The van der Waals surface area contributed by atoms with E-state index in [2.05, 4.69) is 15.6 Å². The molecule has 3 aromatic rings. The van der Waals surface area contributed by atoms with Crippen molar-refractivity contribution in [2.45, 2.75) is 52.1 Å². The van der Waals surface area contributed by atoms with Gasteiger partial charge in [0.25, 0.3) is 5.91 Å². The number of aliphatic hydroxyl groups is 1. The number of hydrogen-bond acceptors (Lipinski definition) is 6. The van der Waals surface area contributed by atoms with Gasteiger partial charge in [-0.05, 0) is 44.0 Å². The number of Topliss-reactive ketones (excluding diaryl/α,β-unsaturated/α-hetero) is 1. The third-order valence-corrected chi connectivity index (χ3v) is 6.44. The number of amides is 2. The largest absolute Gasteiger partial charge is 0.480 e. The van der Waals surface area contributed by atoms with Gasteiger partial charge in [0.05, 0.1) is 16.8 Å². The van der Waals surface area contributed by atoms with Gasteiger partial charge in [-0.15, -0.1) is 0 Å². The summed E-state index contributed by atoms with van der Waals surface area (Å²) >= 11 is 6.08. The summed E-state index contributed by atoms with van der Waals surface area (Å²) in [5.74, 6) is -1.21. The van der Waals surface area contributed by atoms with Crippen LogP contribution in [-0.4, -0.2) is 63.7 Å². The number of aryl methyl sites for hydroxylation is 1. The minimum atomic E-state index is -4.58. The fourth-order valence-corrected chi connectivity index (χ4v) is 4.13. The van der Waals surface area contributed by atoms with Gasteiger partial charge >= 0.3 is 6.18 Å². The van der Waals surface area contributed by atoms with E-state index in [4.69, 9.17) is 21.4 Å². The Hall–Kier alpha value is -3.90. The van der Waals surface area contributed by atoms with Crippen molar-refractivity contribution in [1.29, 1.82) is 0 Å². The Labute approximate surface area is 239 Å². The number of alkyl halides is 3. The zero-order chi connectivity index (χ0) is 30.3. The van der Waals surface area contributed by atoms with Crippen LogP contribution in [0.5, 0.6) is 5.75 Å². The highest BCUT2D eigenvalue weighted by molar-refractivity contribution is 6.32. The number of ketones is 1. The first-order valence-corrected chi connectivity index (χ1v) is 13.1. The van der Waals surface area contributed by atoms with E-state index >= 15 is 0 Å². The van der Waals surface area contributed by atoms with Crippen LogP contribution in [0.1, 0.15) is 47.3 Å². The molecule has 9 nitrogen and oxygen atoms in total. The highest BCUT2D eigenvalue weighted by Gasteiger charge is 2.38. The molecule has 2 atom stereocenters. The summed E-state index contributed by atoms with van der Waals surface area (Å²) in [6.07, 6.45) is -4.59. The molecule has 0 saturated heterocycles. The van der Waals surface area contributed by atoms with Gasteiger partial charge in [0.15, 0.2) is 17.7 Å². The predicted molar refractivity (Wildman–Crippen MR) is 146 cm³/mol. The third kappa shape index (κ3) is 8.54. The van der Waals surface area contributed by atoms with E-state index in [1.807, 2.05) is 31.2 Å². The summed E-state index contributed by atoms with van der Waals surface area (Å²) in [5.41, 5.74) is 2.30. The van der Waals surface area contributed by atoms with Crippen LogP contribution in [0.4, 0.5) is 13.2 Å². The number of hydrogen-bond donors (Lipinski definition) is 3. The molecule has 0 spiro atoms. The molecule has 0 fully saturated rings. The van der Waals surface area contributed by atoms with Crippen molar-refractivity contribution in [3.8, 4) is 17.0 Å². The van der Waals surface area contributed by atoms with Crippen molar-refractivity contribution in [2.24, 2.45) is 0 Å². The number of aromatic nitrogens is 2. The van der Waals surface area contributed by atoms with Crippen molar-refractivity contribution in [1.82, 2.24) is 20.2 Å². The maximum absolute atomic E-state index is 13.0. The molecule has 0 bridgehead atoms. The number of nitrogens with one attached hydrogen (secondary N) is 2. The average molecular weight is 595 g/mol. The third-order valence-electron chi connectivity index (χ3n) is 6.15. The number of carbonyl (C=O) groups is 3. The molecule has 0 saturated carbocycles. The fourth-order valence-electron chi connectivity index (χ4n) is 3.90. The zero-order valence-corrected chi connectivity index (χ0v) is 23.3. The molecule has 1 heterocycles. The van der Waals surface area contributed by atoms with E-state index in [1.165, 1.54) is 25.1 Å². The molecule has 0 unspecified atom stereocenters. The van der Waals surface area contributed by atoms with Crippen LogP contribution in [0.15, 0.2) is 48.7 Å². The van der Waals surface area contributed by atoms with Gasteiger partial charge in [0, 0.05) is 37.3 Å². The average Bonchev–Trinajstić information content (AvgIpc) is 3.37. The van der Waals surface area contributed by atoms with E-state index in [9.17, 15) is 27.6 Å². The Morgan fingerprint density at radius 3 is 2.37 bits per heavy atom. The van der Waals surface area contributed by atoms with Crippen LogP contribution in [0.25, 0.3) is 11.3 Å². The lowest BCUT2D eigenvalue weighted by molar-refractivity contribution is -0.189. The first-order chi connectivity index (χ1) is 19.3. The van der Waals surface area contributed by atoms with Crippen molar-refractivity contribution >= 4 is 29.2 Å². The summed E-state index contributed by atoms with van der Waals surface area (Å²) in [7, 11) is 0. The Morgan fingerprint density at radius 1 is 1.15 bits per heavy atom. The Balaban J connectivity index is 1.75. The van der Waals surface area contributed by atoms with E-state index in [-0.39, 0.29) is 35.1 Å². The van der Waals surface area contributed by atoms with Gasteiger partial charge in [-0.25, -0.2) is 4.98 Å². The first kappa shape index (κ1) is 31.6. The molecule has 1 aromatic heterocycles. The molecule has 0 aliphatic heterocycles. The molecule has 2 amide bonds. The molecule has 2 aromatic carbocycles. The van der Waals surface area contributed by atoms with Crippen LogP contribution < -0.4 is 15.4 Å². The molecule has 0 radical (unpaired) electrons. The van der Waals surface area contributed by atoms with E-state index < -0.39 is 36.7 Å². The second-order valence-electron chi connectivity index (χ2n) is 9.27. The highest BCUT2D eigenvalue weighted by Crippen LogP contribution is 2.30. The fraction of sp³-hybridized carbons (Fsp3) is 0.357. The van der Waals surface area contributed by atoms with Gasteiger partial charge in [0.1, 0.15) is 12.4 Å². The van der Waals surface area contributed by atoms with Crippen molar-refractivity contribution in [3.63, 3.8) is 0 Å². The molecule has 3 N–H and O–H groups in total. The number of imidazole rings is 1. The van der Waals surface area contributed by atoms with E-state index in [0.717, 1.165) is 18.1 Å². The lowest BCUT2D eigenvalue weighted by atomic mass is 10.0. The van der Waals surface area contributed by atoms with Gasteiger partial charge in [-0.3, -0.25) is 14.4 Å². The molecular formula is C28H30ClF3N4O5. The van der Waals surface area contributed by atoms with Gasteiger partial charge in [-0.2, -0.15) is 13.2 Å². The topological polar surface area (TPSA) is 123 Å². The van der Waals surface area contributed by atoms with Crippen LogP contribution in [0.3, 0.4) is 0 Å². The van der Waals surface area contributed by atoms with Crippen LogP contribution in [-0.2, 0) is 17.8 Å². The predicted octanol–water partition coefficient (Wildman–Crippen LogP) is 4.21. The maximum Gasteiger partial charge on any atom is 0.425 e. The first-order valence-electron chi connectivity index (χ1n) is 12.7. The number of benzene rings is 2. The molecule has 0 aliphatic rings. The summed E-state index contributed by atoms with van der Waals surface area (Å²) in [6.45, 7) is 4.07. The summed E-state index contributed by atoms with van der Waals surface area (Å²) < 4.78 is 45.1. The molecule has 41 heavy (non-hydrogen) atoms. The molecule has 220 valence electrons. The van der Waals surface area contributed by atoms with E-state index in [1.54, 1.807) is 10.8 Å². The second-order valence-corrected chi connectivity index (χ2v) is 9.68. The normalized spacial score (nSPS) is 12.9. The van der Waals surface area contributed by atoms with Crippen molar-refractivity contribution in [3.05, 3.63) is 70.6 Å². The standard InChI is InChI=1S/C28H30ClF3N4O5/c1-4-36-14-23(35-26(36)16(2)38)19-7-5-18(6-8-19)11-21(13-33-25(39)15-37)34-27(40)20-9-10-24(22(29)12-20)41-17(3)28(30,31)32/h5-10,12,14,17,21,37H,4,11,13,15H2,1-3H3,(H,33,39)(H,34,40)/t17-,21+/m1/s1. The summed E-state index contributed by atoms with van der Waals surface area (Å²) in [6, 6.07) is 10.3. The Bertz CT molecular complexity index is 1390. The lowest BCUT2D eigenvalue weighted by Crippen LogP contribution is -2.45. The summed E-state index contributed by atoms with van der Waals surface area (Å²) in [4.78, 5) is 40.9. The van der Waals surface area contributed by atoms with Crippen LogP contribution >= 0.6 is 11.6 Å². The monoisotopic (exact) mass is 594 g/mol. The second kappa shape index (κ2) is 13.6. The quantitative estimate of drug-likeness (QED) is 0.270. The Morgan fingerprint density at radius 2 is 1.83 bits per heavy atom.